The molecule has 0 aliphatic heterocycles. The Bertz CT molecular complexity index is 707. The van der Waals surface area contributed by atoms with Crippen molar-refractivity contribution in [3.05, 3.63) is 58.1 Å². The summed E-state index contributed by atoms with van der Waals surface area (Å²) < 4.78 is 32.3. The first-order chi connectivity index (χ1) is 10.4. The van der Waals surface area contributed by atoms with Gasteiger partial charge in [-0.3, -0.25) is 4.79 Å². The van der Waals surface area contributed by atoms with Crippen LogP contribution >= 0.6 is 15.9 Å². The third kappa shape index (κ3) is 4.04. The zero-order valence-electron chi connectivity index (χ0n) is 12.0. The first kappa shape index (κ1) is 16.4. The molecule has 0 spiro atoms. The number of halogens is 3. The zero-order chi connectivity index (χ0) is 16.3. The Hall–Kier alpha value is -1.95. The van der Waals surface area contributed by atoms with Gasteiger partial charge in [-0.1, -0.05) is 6.07 Å². The minimum absolute atomic E-state index is 0.346. The standard InChI is InChI=1S/C16H14BrF2NO2/c1-9-3-5-12(8-14(9)19)20-16(21)10(2)22-15-6-4-11(18)7-13(15)17/h3-8,10H,1-2H3,(H,20,21). The van der Waals surface area contributed by atoms with E-state index in [0.717, 1.165) is 0 Å². The fourth-order valence-electron chi connectivity index (χ4n) is 1.73. The molecule has 1 unspecified atom stereocenters. The van der Waals surface area contributed by atoms with Gasteiger partial charge in [-0.25, -0.2) is 8.78 Å². The summed E-state index contributed by atoms with van der Waals surface area (Å²) in [4.78, 5) is 12.0. The zero-order valence-corrected chi connectivity index (χ0v) is 13.6. The number of amides is 1. The maximum absolute atomic E-state index is 13.4. The molecule has 3 nitrogen and oxygen atoms in total. The van der Waals surface area contributed by atoms with E-state index in [1.54, 1.807) is 26.0 Å². The van der Waals surface area contributed by atoms with Crippen LogP contribution in [-0.2, 0) is 4.79 Å². The van der Waals surface area contributed by atoms with Crippen molar-refractivity contribution < 1.29 is 18.3 Å². The lowest BCUT2D eigenvalue weighted by Gasteiger charge is -2.16. The Balaban J connectivity index is 2.04. The van der Waals surface area contributed by atoms with Crippen LogP contribution in [0.2, 0.25) is 0 Å². The van der Waals surface area contributed by atoms with Crippen LogP contribution in [0.1, 0.15) is 12.5 Å². The molecule has 1 atom stereocenters. The molecule has 6 heteroatoms. The smallest absolute Gasteiger partial charge is 0.265 e. The third-order valence-corrected chi connectivity index (χ3v) is 3.63. The summed E-state index contributed by atoms with van der Waals surface area (Å²) in [6.07, 6.45) is -0.828. The van der Waals surface area contributed by atoms with E-state index in [4.69, 9.17) is 4.74 Å². The third-order valence-electron chi connectivity index (χ3n) is 3.01. The summed E-state index contributed by atoms with van der Waals surface area (Å²) in [6.45, 7) is 3.19. The van der Waals surface area contributed by atoms with Crippen molar-refractivity contribution in [1.82, 2.24) is 0 Å². The molecule has 0 aliphatic carbocycles. The van der Waals surface area contributed by atoms with Gasteiger partial charge in [0.15, 0.2) is 6.10 Å². The lowest BCUT2D eigenvalue weighted by molar-refractivity contribution is -0.122. The maximum atomic E-state index is 13.4. The second-order valence-corrected chi connectivity index (χ2v) is 5.64. The molecule has 0 bridgehead atoms. The number of nitrogens with one attached hydrogen (secondary N) is 1. The first-order valence-corrected chi connectivity index (χ1v) is 7.35. The van der Waals surface area contributed by atoms with Crippen LogP contribution in [0.15, 0.2) is 40.9 Å². The van der Waals surface area contributed by atoms with E-state index >= 15 is 0 Å². The van der Waals surface area contributed by atoms with Crippen molar-refractivity contribution >= 4 is 27.5 Å². The molecule has 2 aromatic rings. The van der Waals surface area contributed by atoms with E-state index in [0.29, 0.717) is 21.5 Å². The van der Waals surface area contributed by atoms with Gasteiger partial charge in [0.25, 0.3) is 5.91 Å². The molecule has 2 rings (SSSR count). The predicted molar refractivity (Wildman–Crippen MR) is 84.0 cm³/mol. The largest absolute Gasteiger partial charge is 0.480 e. The number of hydrogen-bond acceptors (Lipinski definition) is 2. The number of anilines is 1. The van der Waals surface area contributed by atoms with Crippen molar-refractivity contribution in [2.45, 2.75) is 20.0 Å². The summed E-state index contributed by atoms with van der Waals surface area (Å²) in [5, 5.41) is 2.57. The minimum atomic E-state index is -0.828. The van der Waals surface area contributed by atoms with Crippen LogP contribution in [0.5, 0.6) is 5.75 Å². The summed E-state index contributed by atoms with van der Waals surface area (Å²) >= 11 is 3.16. The molecular formula is C16H14BrF2NO2. The maximum Gasteiger partial charge on any atom is 0.265 e. The van der Waals surface area contributed by atoms with Crippen LogP contribution in [-0.4, -0.2) is 12.0 Å². The van der Waals surface area contributed by atoms with E-state index in [-0.39, 0.29) is 0 Å². The molecule has 1 N–H and O–H groups in total. The quantitative estimate of drug-likeness (QED) is 0.864. The van der Waals surface area contributed by atoms with Crippen LogP contribution < -0.4 is 10.1 Å². The van der Waals surface area contributed by atoms with Gasteiger partial charge in [0.2, 0.25) is 0 Å². The number of ether oxygens (including phenoxy) is 1. The topological polar surface area (TPSA) is 38.3 Å². The Morgan fingerprint density at radius 3 is 2.59 bits per heavy atom. The summed E-state index contributed by atoms with van der Waals surface area (Å²) in [7, 11) is 0. The summed E-state index contributed by atoms with van der Waals surface area (Å²) in [5.41, 5.74) is 0.847. The monoisotopic (exact) mass is 369 g/mol. The van der Waals surface area contributed by atoms with Crippen molar-refractivity contribution in [1.29, 1.82) is 0 Å². The molecule has 0 radical (unpaired) electrons. The van der Waals surface area contributed by atoms with Gasteiger partial charge in [0.05, 0.1) is 4.47 Å². The number of carbonyl (C=O) groups excluding carboxylic acids is 1. The molecule has 0 aliphatic rings. The lowest BCUT2D eigenvalue weighted by atomic mass is 10.2. The molecule has 0 fully saturated rings. The van der Waals surface area contributed by atoms with E-state index in [1.807, 2.05) is 0 Å². The first-order valence-electron chi connectivity index (χ1n) is 6.55. The number of rotatable bonds is 4. The van der Waals surface area contributed by atoms with Crippen LogP contribution in [0, 0.1) is 18.6 Å². The second kappa shape index (κ2) is 6.87. The van der Waals surface area contributed by atoms with E-state index in [9.17, 15) is 13.6 Å². The minimum Gasteiger partial charge on any atom is -0.480 e. The van der Waals surface area contributed by atoms with Crippen LogP contribution in [0.3, 0.4) is 0 Å². The average molecular weight is 370 g/mol. The second-order valence-electron chi connectivity index (χ2n) is 4.79. The van der Waals surface area contributed by atoms with Crippen molar-refractivity contribution in [3.8, 4) is 5.75 Å². The summed E-state index contributed by atoms with van der Waals surface area (Å²) in [6, 6.07) is 8.34. The molecule has 0 saturated heterocycles. The van der Waals surface area contributed by atoms with Gasteiger partial charge >= 0.3 is 0 Å². The highest BCUT2D eigenvalue weighted by molar-refractivity contribution is 9.10. The van der Waals surface area contributed by atoms with Gasteiger partial charge in [0.1, 0.15) is 17.4 Å². The van der Waals surface area contributed by atoms with Crippen molar-refractivity contribution in [3.63, 3.8) is 0 Å². The molecule has 0 saturated carbocycles. The van der Waals surface area contributed by atoms with Gasteiger partial charge in [-0.15, -0.1) is 0 Å². The Kier molecular flexibility index (Phi) is 5.13. The van der Waals surface area contributed by atoms with Gasteiger partial charge in [-0.2, -0.15) is 0 Å². The van der Waals surface area contributed by atoms with Gasteiger partial charge < -0.3 is 10.1 Å². The lowest BCUT2D eigenvalue weighted by Crippen LogP contribution is -2.30. The Morgan fingerprint density at radius 1 is 1.23 bits per heavy atom. The molecule has 2 aromatic carbocycles. The van der Waals surface area contributed by atoms with Gasteiger partial charge in [0, 0.05) is 5.69 Å². The fraction of sp³-hybridized carbons (Fsp3) is 0.188. The van der Waals surface area contributed by atoms with Crippen molar-refractivity contribution in [2.24, 2.45) is 0 Å². The fourth-order valence-corrected chi connectivity index (χ4v) is 2.17. The van der Waals surface area contributed by atoms with E-state index in [1.165, 1.54) is 24.3 Å². The predicted octanol–water partition coefficient (Wildman–Crippen LogP) is 4.44. The highest BCUT2D eigenvalue weighted by Gasteiger charge is 2.17. The van der Waals surface area contributed by atoms with E-state index in [2.05, 4.69) is 21.2 Å². The Morgan fingerprint density at radius 2 is 1.95 bits per heavy atom. The highest BCUT2D eigenvalue weighted by atomic mass is 79.9. The van der Waals surface area contributed by atoms with Crippen molar-refractivity contribution in [2.75, 3.05) is 5.32 Å². The SMILES string of the molecule is Cc1ccc(NC(=O)C(C)Oc2ccc(F)cc2Br)cc1F. The number of benzene rings is 2. The average Bonchev–Trinajstić information content (AvgIpc) is 2.45. The number of carbonyl (C=O) groups is 1. The molecular weight excluding hydrogens is 356 g/mol. The molecule has 22 heavy (non-hydrogen) atoms. The van der Waals surface area contributed by atoms with Crippen LogP contribution in [0.25, 0.3) is 0 Å². The molecule has 0 aromatic heterocycles. The van der Waals surface area contributed by atoms with Gasteiger partial charge in [-0.05, 0) is 65.7 Å². The molecule has 1 amide bonds. The highest BCUT2D eigenvalue weighted by Crippen LogP contribution is 2.26. The summed E-state index contributed by atoms with van der Waals surface area (Å²) in [5.74, 6) is -0.891. The normalized spacial score (nSPS) is 11.9. The molecule has 0 heterocycles. The van der Waals surface area contributed by atoms with E-state index < -0.39 is 23.6 Å². The van der Waals surface area contributed by atoms with Crippen LogP contribution in [0.4, 0.5) is 14.5 Å². The number of aryl methyl sites for hydroxylation is 1. The number of hydrogen-bond donors (Lipinski definition) is 1. The molecule has 116 valence electrons. The Labute approximate surface area is 135 Å².